The molecule has 0 aromatic rings. The molecule has 2 atom stereocenters. The molecule has 0 nitrogen and oxygen atoms in total. The van der Waals surface area contributed by atoms with E-state index in [1.54, 1.807) is 5.47 Å². The van der Waals surface area contributed by atoms with Crippen LogP contribution in [0, 0.1) is 11.8 Å². The third-order valence-electron chi connectivity index (χ3n) is 4.54. The van der Waals surface area contributed by atoms with E-state index in [1.165, 1.54) is 12.8 Å². The molecule has 0 fully saturated rings. The van der Waals surface area contributed by atoms with Crippen LogP contribution in [0.1, 0.15) is 68.2 Å². The van der Waals surface area contributed by atoms with Gasteiger partial charge in [-0.05, 0) is 12.8 Å². The zero-order chi connectivity index (χ0) is 13.6. The number of hydrogen-bond acceptors (Lipinski definition) is 0. The zero-order valence-corrected chi connectivity index (χ0v) is 13.4. The second-order valence-corrected chi connectivity index (χ2v) is 6.27. The van der Waals surface area contributed by atoms with Crippen LogP contribution in [0.25, 0.3) is 0 Å². The standard InChI is InChI=1S/C16H33B/c1-9-11-16(10-2)17(14(7)12(3)4)15(8)13(5)6/h11-15H,9-10H2,1-8H3/b16-11+. The predicted molar refractivity (Wildman–Crippen MR) is 82.9 cm³/mol. The van der Waals surface area contributed by atoms with Crippen LogP contribution in [-0.4, -0.2) is 6.71 Å². The van der Waals surface area contributed by atoms with Gasteiger partial charge in [0.15, 0.2) is 6.71 Å². The summed E-state index contributed by atoms with van der Waals surface area (Å²) in [4.78, 5) is 0. The smallest absolute Gasteiger partial charge is 0.105 e. The molecule has 0 spiro atoms. The van der Waals surface area contributed by atoms with E-state index in [0.29, 0.717) is 0 Å². The highest BCUT2D eigenvalue weighted by atomic mass is 14.1. The van der Waals surface area contributed by atoms with Crippen LogP contribution in [0.4, 0.5) is 0 Å². The van der Waals surface area contributed by atoms with Gasteiger partial charge in [0, 0.05) is 0 Å². The summed E-state index contributed by atoms with van der Waals surface area (Å²) in [6.07, 6.45) is 4.87. The average molecular weight is 236 g/mol. The minimum atomic E-state index is 0.764. The largest absolute Gasteiger partial charge is 0.176 e. The summed E-state index contributed by atoms with van der Waals surface area (Å²) < 4.78 is 0. The Kier molecular flexibility index (Phi) is 7.91. The molecule has 0 N–H and O–H groups in total. The second-order valence-electron chi connectivity index (χ2n) is 6.27. The Balaban J connectivity index is 5.15. The Morgan fingerprint density at radius 1 is 0.882 bits per heavy atom. The first-order valence-electron chi connectivity index (χ1n) is 7.55. The van der Waals surface area contributed by atoms with Crippen molar-refractivity contribution < 1.29 is 0 Å². The highest BCUT2D eigenvalue weighted by Crippen LogP contribution is 2.37. The molecule has 0 bridgehead atoms. The van der Waals surface area contributed by atoms with Crippen LogP contribution in [-0.2, 0) is 0 Å². The lowest BCUT2D eigenvalue weighted by molar-refractivity contribution is 0.563. The van der Waals surface area contributed by atoms with E-state index in [-0.39, 0.29) is 0 Å². The third-order valence-corrected chi connectivity index (χ3v) is 4.54. The van der Waals surface area contributed by atoms with Crippen molar-refractivity contribution in [3.63, 3.8) is 0 Å². The molecule has 0 heterocycles. The zero-order valence-electron chi connectivity index (χ0n) is 13.4. The van der Waals surface area contributed by atoms with Gasteiger partial charge < -0.3 is 0 Å². The summed E-state index contributed by atoms with van der Waals surface area (Å²) >= 11 is 0. The van der Waals surface area contributed by atoms with Gasteiger partial charge in [-0.1, -0.05) is 84.9 Å². The van der Waals surface area contributed by atoms with Crippen molar-refractivity contribution in [3.05, 3.63) is 11.5 Å². The molecular weight excluding hydrogens is 203 g/mol. The molecule has 17 heavy (non-hydrogen) atoms. The lowest BCUT2D eigenvalue weighted by Gasteiger charge is -2.33. The summed E-state index contributed by atoms with van der Waals surface area (Å²) in [7, 11) is 0. The minimum Gasteiger partial charge on any atom is -0.105 e. The van der Waals surface area contributed by atoms with Crippen LogP contribution in [0.3, 0.4) is 0 Å². The number of hydrogen-bond donors (Lipinski definition) is 0. The molecule has 100 valence electrons. The molecule has 0 aromatic carbocycles. The maximum absolute atomic E-state index is 2.47. The maximum atomic E-state index is 2.47. The van der Waals surface area contributed by atoms with E-state index in [4.69, 9.17) is 0 Å². The molecule has 0 aliphatic rings. The SMILES string of the molecule is CC/C=C(\CC)B(C(C)C(C)C)C(C)C(C)C. The molecule has 0 aromatic heterocycles. The average Bonchev–Trinajstić information content (AvgIpc) is 2.27. The van der Waals surface area contributed by atoms with Crippen LogP contribution >= 0.6 is 0 Å². The Labute approximate surface area is 110 Å². The molecule has 0 aliphatic carbocycles. The lowest BCUT2D eigenvalue weighted by Crippen LogP contribution is -2.32. The summed E-state index contributed by atoms with van der Waals surface area (Å²) in [5.74, 6) is 3.11. The second kappa shape index (κ2) is 8.00. The van der Waals surface area contributed by atoms with E-state index < -0.39 is 0 Å². The van der Waals surface area contributed by atoms with Crippen molar-refractivity contribution in [3.8, 4) is 0 Å². The summed E-state index contributed by atoms with van der Waals surface area (Å²) in [6, 6.07) is 0. The van der Waals surface area contributed by atoms with E-state index in [2.05, 4.69) is 61.5 Å². The van der Waals surface area contributed by atoms with Gasteiger partial charge in [-0.15, -0.1) is 5.47 Å². The van der Waals surface area contributed by atoms with Gasteiger partial charge in [-0.2, -0.15) is 0 Å². The van der Waals surface area contributed by atoms with Crippen LogP contribution in [0.2, 0.25) is 11.6 Å². The Bertz CT molecular complexity index is 214. The van der Waals surface area contributed by atoms with Gasteiger partial charge in [0.1, 0.15) is 0 Å². The maximum Gasteiger partial charge on any atom is 0.176 e. The first-order valence-corrected chi connectivity index (χ1v) is 7.55. The minimum absolute atomic E-state index is 0.764. The molecule has 0 radical (unpaired) electrons. The Morgan fingerprint density at radius 3 is 1.53 bits per heavy atom. The molecule has 0 saturated heterocycles. The topological polar surface area (TPSA) is 0 Å². The Morgan fingerprint density at radius 2 is 1.29 bits per heavy atom. The van der Waals surface area contributed by atoms with Gasteiger partial charge in [-0.3, -0.25) is 0 Å². The third kappa shape index (κ3) is 4.90. The van der Waals surface area contributed by atoms with E-state index in [0.717, 1.165) is 30.2 Å². The molecule has 1 heteroatoms. The summed E-state index contributed by atoms with van der Waals surface area (Å²) in [6.45, 7) is 19.7. The van der Waals surface area contributed by atoms with Crippen LogP contribution < -0.4 is 0 Å². The highest BCUT2D eigenvalue weighted by molar-refractivity contribution is 6.69. The summed E-state index contributed by atoms with van der Waals surface area (Å²) in [5.41, 5.74) is 1.69. The van der Waals surface area contributed by atoms with E-state index in [1.807, 2.05) is 0 Å². The monoisotopic (exact) mass is 236 g/mol. The van der Waals surface area contributed by atoms with Gasteiger partial charge in [-0.25, -0.2) is 0 Å². The van der Waals surface area contributed by atoms with Crippen molar-refractivity contribution >= 4 is 6.71 Å². The molecule has 0 rings (SSSR count). The fourth-order valence-corrected chi connectivity index (χ4v) is 2.76. The quantitative estimate of drug-likeness (QED) is 0.486. The van der Waals surface area contributed by atoms with E-state index >= 15 is 0 Å². The number of rotatable bonds is 7. The van der Waals surface area contributed by atoms with Crippen LogP contribution in [0.15, 0.2) is 11.5 Å². The fourth-order valence-electron chi connectivity index (χ4n) is 2.76. The van der Waals surface area contributed by atoms with Crippen molar-refractivity contribution in [1.82, 2.24) is 0 Å². The van der Waals surface area contributed by atoms with Gasteiger partial charge in [0.05, 0.1) is 0 Å². The highest BCUT2D eigenvalue weighted by Gasteiger charge is 2.33. The summed E-state index contributed by atoms with van der Waals surface area (Å²) in [5, 5.41) is 0. The molecule has 0 saturated carbocycles. The first kappa shape index (κ1) is 16.8. The van der Waals surface area contributed by atoms with Gasteiger partial charge in [0.25, 0.3) is 0 Å². The molecule has 0 amide bonds. The van der Waals surface area contributed by atoms with Crippen LogP contribution in [0.5, 0.6) is 0 Å². The van der Waals surface area contributed by atoms with Gasteiger partial charge >= 0.3 is 0 Å². The fraction of sp³-hybridized carbons (Fsp3) is 0.875. The lowest BCUT2D eigenvalue weighted by atomic mass is 9.27. The molecular formula is C16H33B. The van der Waals surface area contributed by atoms with Crippen molar-refractivity contribution in [2.24, 2.45) is 11.8 Å². The van der Waals surface area contributed by atoms with Gasteiger partial charge in [0.2, 0.25) is 0 Å². The van der Waals surface area contributed by atoms with Crippen molar-refractivity contribution in [1.29, 1.82) is 0 Å². The normalized spacial score (nSPS) is 16.5. The number of allylic oxidation sites excluding steroid dienone is 2. The van der Waals surface area contributed by atoms with Crippen molar-refractivity contribution in [2.75, 3.05) is 0 Å². The first-order chi connectivity index (χ1) is 7.86. The van der Waals surface area contributed by atoms with Crippen molar-refractivity contribution in [2.45, 2.75) is 79.9 Å². The molecule has 0 aliphatic heterocycles. The Hall–Kier alpha value is -0.195. The predicted octanol–water partition coefficient (Wildman–Crippen LogP) is 5.86. The van der Waals surface area contributed by atoms with E-state index in [9.17, 15) is 0 Å². The molecule has 2 unspecified atom stereocenters.